The Kier molecular flexibility index (Phi) is 5.23. The molecule has 1 aromatic heterocycles. The number of amides is 1. The number of fused-ring (bicyclic) bond motifs is 1. The maximum Gasteiger partial charge on any atom is 0.252 e. The second-order valence-electron chi connectivity index (χ2n) is 6.00. The SMILES string of the molecule is CCc1c(C(C)NC(=O)c2cc(Br)c(O)c(OC)c2)oc2ccccc12. The number of phenolic OH excluding ortho intramolecular Hbond substituents is 1. The van der Waals surface area contributed by atoms with Crippen LogP contribution in [-0.2, 0) is 6.42 Å². The molecule has 1 amide bonds. The van der Waals surface area contributed by atoms with Crippen molar-refractivity contribution in [2.24, 2.45) is 0 Å². The molecule has 3 aromatic rings. The number of para-hydroxylation sites is 1. The van der Waals surface area contributed by atoms with Gasteiger partial charge in [0.15, 0.2) is 11.5 Å². The number of methoxy groups -OCH3 is 1. The molecule has 26 heavy (non-hydrogen) atoms. The summed E-state index contributed by atoms with van der Waals surface area (Å²) in [5.74, 6) is 0.670. The van der Waals surface area contributed by atoms with Gasteiger partial charge in [-0.1, -0.05) is 25.1 Å². The van der Waals surface area contributed by atoms with Crippen LogP contribution in [0.1, 0.15) is 41.6 Å². The summed E-state index contributed by atoms with van der Waals surface area (Å²) in [5, 5.41) is 13.9. The lowest BCUT2D eigenvalue weighted by molar-refractivity contribution is 0.0935. The molecule has 136 valence electrons. The van der Waals surface area contributed by atoms with Crippen LogP contribution in [0.3, 0.4) is 0 Å². The van der Waals surface area contributed by atoms with Gasteiger partial charge in [-0.3, -0.25) is 4.79 Å². The van der Waals surface area contributed by atoms with E-state index in [0.717, 1.165) is 28.7 Å². The molecule has 0 aliphatic heterocycles. The maximum absolute atomic E-state index is 12.7. The zero-order valence-corrected chi connectivity index (χ0v) is 16.4. The number of phenols is 1. The topological polar surface area (TPSA) is 71.7 Å². The second-order valence-corrected chi connectivity index (χ2v) is 6.85. The fourth-order valence-corrected chi connectivity index (χ4v) is 3.48. The van der Waals surface area contributed by atoms with Gasteiger partial charge in [0.2, 0.25) is 0 Å². The highest BCUT2D eigenvalue weighted by molar-refractivity contribution is 9.10. The minimum Gasteiger partial charge on any atom is -0.503 e. The van der Waals surface area contributed by atoms with Crippen molar-refractivity contribution >= 4 is 32.8 Å². The van der Waals surface area contributed by atoms with Gasteiger partial charge in [0.1, 0.15) is 11.3 Å². The normalized spacial score (nSPS) is 12.2. The number of halogens is 1. The van der Waals surface area contributed by atoms with Crippen LogP contribution in [-0.4, -0.2) is 18.1 Å². The first-order chi connectivity index (χ1) is 12.5. The number of ether oxygens (including phenoxy) is 1. The third-order valence-electron chi connectivity index (χ3n) is 4.33. The molecule has 0 radical (unpaired) electrons. The lowest BCUT2D eigenvalue weighted by Crippen LogP contribution is -2.27. The Morgan fingerprint density at radius 2 is 2.08 bits per heavy atom. The lowest BCUT2D eigenvalue weighted by atomic mass is 10.0. The molecule has 0 saturated heterocycles. The van der Waals surface area contributed by atoms with E-state index in [1.807, 2.05) is 31.2 Å². The Labute approximate surface area is 160 Å². The van der Waals surface area contributed by atoms with Gasteiger partial charge in [0.25, 0.3) is 5.91 Å². The Morgan fingerprint density at radius 3 is 2.77 bits per heavy atom. The fraction of sp³-hybridized carbons (Fsp3) is 0.250. The zero-order chi connectivity index (χ0) is 18.8. The number of benzene rings is 2. The molecule has 0 aliphatic rings. The molecule has 1 heterocycles. The van der Waals surface area contributed by atoms with E-state index in [4.69, 9.17) is 9.15 Å². The molecule has 5 nitrogen and oxygen atoms in total. The number of hydrogen-bond acceptors (Lipinski definition) is 4. The van der Waals surface area contributed by atoms with Crippen LogP contribution in [0.5, 0.6) is 11.5 Å². The number of nitrogens with one attached hydrogen (secondary N) is 1. The van der Waals surface area contributed by atoms with Crippen molar-refractivity contribution in [2.45, 2.75) is 26.3 Å². The van der Waals surface area contributed by atoms with Crippen molar-refractivity contribution < 1.29 is 19.1 Å². The monoisotopic (exact) mass is 417 g/mol. The first-order valence-electron chi connectivity index (χ1n) is 8.33. The molecular weight excluding hydrogens is 398 g/mol. The van der Waals surface area contributed by atoms with Crippen LogP contribution in [0.2, 0.25) is 0 Å². The van der Waals surface area contributed by atoms with Crippen LogP contribution in [0, 0.1) is 0 Å². The Morgan fingerprint density at radius 1 is 1.35 bits per heavy atom. The molecule has 0 spiro atoms. The highest BCUT2D eigenvalue weighted by atomic mass is 79.9. The van der Waals surface area contributed by atoms with Crippen LogP contribution < -0.4 is 10.1 Å². The fourth-order valence-electron chi connectivity index (χ4n) is 3.04. The van der Waals surface area contributed by atoms with E-state index in [1.54, 1.807) is 6.07 Å². The van der Waals surface area contributed by atoms with E-state index in [2.05, 4.69) is 28.2 Å². The first-order valence-corrected chi connectivity index (χ1v) is 9.13. The quantitative estimate of drug-likeness (QED) is 0.614. The molecule has 0 saturated carbocycles. The summed E-state index contributed by atoms with van der Waals surface area (Å²) in [4.78, 5) is 12.7. The number of aryl methyl sites for hydroxylation is 1. The van der Waals surface area contributed by atoms with Crippen molar-refractivity contribution in [2.75, 3.05) is 7.11 Å². The molecule has 0 aliphatic carbocycles. The summed E-state index contributed by atoms with van der Waals surface area (Å²) in [7, 11) is 1.44. The molecule has 0 fully saturated rings. The van der Waals surface area contributed by atoms with Gasteiger partial charge >= 0.3 is 0 Å². The van der Waals surface area contributed by atoms with Gasteiger partial charge in [0, 0.05) is 16.5 Å². The molecular formula is C20H20BrNO4. The van der Waals surface area contributed by atoms with Crippen LogP contribution in [0.4, 0.5) is 0 Å². The summed E-state index contributed by atoms with van der Waals surface area (Å²) >= 11 is 3.23. The summed E-state index contributed by atoms with van der Waals surface area (Å²) in [6.07, 6.45) is 0.811. The lowest BCUT2D eigenvalue weighted by Gasteiger charge is -2.14. The smallest absolute Gasteiger partial charge is 0.252 e. The molecule has 6 heteroatoms. The van der Waals surface area contributed by atoms with Crippen molar-refractivity contribution in [3.05, 3.63) is 57.8 Å². The van der Waals surface area contributed by atoms with Crippen molar-refractivity contribution in [3.63, 3.8) is 0 Å². The van der Waals surface area contributed by atoms with Crippen LogP contribution in [0.25, 0.3) is 11.0 Å². The van der Waals surface area contributed by atoms with Crippen molar-refractivity contribution in [1.82, 2.24) is 5.32 Å². The highest BCUT2D eigenvalue weighted by Crippen LogP contribution is 2.35. The molecule has 2 N–H and O–H groups in total. The predicted molar refractivity (Wildman–Crippen MR) is 104 cm³/mol. The maximum atomic E-state index is 12.7. The number of hydrogen-bond donors (Lipinski definition) is 2. The number of aromatic hydroxyl groups is 1. The average Bonchev–Trinajstić information content (AvgIpc) is 3.02. The molecule has 2 aromatic carbocycles. The van der Waals surface area contributed by atoms with Gasteiger partial charge in [-0.15, -0.1) is 0 Å². The van der Waals surface area contributed by atoms with Gasteiger partial charge in [-0.25, -0.2) is 0 Å². The zero-order valence-electron chi connectivity index (χ0n) is 14.8. The average molecular weight is 418 g/mol. The molecule has 1 atom stereocenters. The molecule has 0 bridgehead atoms. The standard InChI is InChI=1S/C20H20BrNO4/c1-4-13-14-7-5-6-8-16(14)26-19(13)11(2)22-20(24)12-9-15(21)18(23)17(10-12)25-3/h5-11,23H,4H2,1-3H3,(H,22,24). The largest absolute Gasteiger partial charge is 0.503 e. The summed E-state index contributed by atoms with van der Waals surface area (Å²) in [5.41, 5.74) is 2.29. The van der Waals surface area contributed by atoms with E-state index in [-0.39, 0.29) is 23.4 Å². The van der Waals surface area contributed by atoms with E-state index < -0.39 is 0 Å². The van der Waals surface area contributed by atoms with Gasteiger partial charge in [-0.05, 0) is 47.5 Å². The van der Waals surface area contributed by atoms with Crippen LogP contribution >= 0.6 is 15.9 Å². The van der Waals surface area contributed by atoms with Crippen molar-refractivity contribution in [1.29, 1.82) is 0 Å². The third-order valence-corrected chi connectivity index (χ3v) is 4.94. The minimum atomic E-state index is -0.302. The predicted octanol–water partition coefficient (Wildman–Crippen LogP) is 4.96. The Balaban J connectivity index is 1.90. The summed E-state index contributed by atoms with van der Waals surface area (Å²) < 4.78 is 11.5. The van der Waals surface area contributed by atoms with Crippen LogP contribution in [0.15, 0.2) is 45.3 Å². The minimum absolute atomic E-state index is 0.0392. The number of furan rings is 1. The van der Waals surface area contributed by atoms with Gasteiger partial charge in [0.05, 0.1) is 17.6 Å². The molecule has 3 rings (SSSR count). The molecule has 1 unspecified atom stereocenters. The first kappa shape index (κ1) is 18.3. The Hall–Kier alpha value is -2.47. The van der Waals surface area contributed by atoms with E-state index in [9.17, 15) is 9.90 Å². The van der Waals surface area contributed by atoms with E-state index in [0.29, 0.717) is 10.0 Å². The number of carbonyl (C=O) groups excluding carboxylic acids is 1. The number of rotatable bonds is 5. The number of carbonyl (C=O) groups is 1. The van der Waals surface area contributed by atoms with Crippen molar-refractivity contribution in [3.8, 4) is 11.5 Å². The van der Waals surface area contributed by atoms with Gasteiger partial charge in [-0.2, -0.15) is 0 Å². The Bertz CT molecular complexity index is 964. The summed E-state index contributed by atoms with van der Waals surface area (Å²) in [6, 6.07) is 10.6. The summed E-state index contributed by atoms with van der Waals surface area (Å²) in [6.45, 7) is 3.96. The van der Waals surface area contributed by atoms with E-state index >= 15 is 0 Å². The van der Waals surface area contributed by atoms with E-state index in [1.165, 1.54) is 13.2 Å². The third kappa shape index (κ3) is 3.29. The highest BCUT2D eigenvalue weighted by Gasteiger charge is 2.21. The second kappa shape index (κ2) is 7.41. The van der Waals surface area contributed by atoms with Gasteiger partial charge < -0.3 is 19.6 Å².